The maximum absolute atomic E-state index is 13.2. The van der Waals surface area contributed by atoms with Crippen molar-refractivity contribution in [2.75, 3.05) is 11.4 Å². The molecule has 3 aromatic rings. The summed E-state index contributed by atoms with van der Waals surface area (Å²) in [4.78, 5) is 15.2. The van der Waals surface area contributed by atoms with Gasteiger partial charge in [-0.3, -0.25) is 9.36 Å². The number of rotatable bonds is 4. The van der Waals surface area contributed by atoms with Crippen LogP contribution in [0, 0.1) is 13.8 Å². The van der Waals surface area contributed by atoms with Crippen molar-refractivity contribution in [1.29, 1.82) is 0 Å². The van der Waals surface area contributed by atoms with Gasteiger partial charge in [-0.25, -0.2) is 0 Å². The van der Waals surface area contributed by atoms with Gasteiger partial charge in [0.2, 0.25) is 5.91 Å². The second kappa shape index (κ2) is 7.80. The summed E-state index contributed by atoms with van der Waals surface area (Å²) in [5, 5.41) is 9.11. The summed E-state index contributed by atoms with van der Waals surface area (Å²) in [6.07, 6.45) is 2.03. The van der Waals surface area contributed by atoms with Gasteiger partial charge in [0.15, 0.2) is 5.16 Å². The van der Waals surface area contributed by atoms with Crippen LogP contribution < -0.4 is 4.90 Å². The normalized spacial score (nSPS) is 14.6. The van der Waals surface area contributed by atoms with Crippen molar-refractivity contribution in [3.8, 4) is 5.69 Å². The zero-order chi connectivity index (χ0) is 19.7. The lowest BCUT2D eigenvalue weighted by atomic mass is 10.0. The highest BCUT2D eigenvalue weighted by atomic mass is 32.2. The van der Waals surface area contributed by atoms with Crippen molar-refractivity contribution in [2.45, 2.75) is 44.0 Å². The van der Waals surface area contributed by atoms with E-state index in [2.05, 4.69) is 35.3 Å². The molecule has 6 heteroatoms. The van der Waals surface area contributed by atoms with Crippen LogP contribution in [0.4, 0.5) is 5.69 Å². The molecule has 0 saturated carbocycles. The monoisotopic (exact) mass is 392 g/mol. The minimum atomic E-state index is -0.252. The lowest BCUT2D eigenvalue weighted by Crippen LogP contribution is -2.40. The van der Waals surface area contributed by atoms with Crippen molar-refractivity contribution >= 4 is 23.4 Å². The lowest BCUT2D eigenvalue weighted by Gasteiger charge is -2.31. The van der Waals surface area contributed by atoms with E-state index in [4.69, 9.17) is 0 Å². The van der Waals surface area contributed by atoms with Crippen molar-refractivity contribution in [3.05, 3.63) is 65.5 Å². The van der Waals surface area contributed by atoms with Crippen molar-refractivity contribution < 1.29 is 4.79 Å². The van der Waals surface area contributed by atoms with Crippen LogP contribution in [0.1, 0.15) is 30.3 Å². The highest BCUT2D eigenvalue weighted by molar-refractivity contribution is 8.00. The summed E-state index contributed by atoms with van der Waals surface area (Å²) in [5.41, 5.74) is 4.49. The van der Waals surface area contributed by atoms with Gasteiger partial charge >= 0.3 is 0 Å². The lowest BCUT2D eigenvalue weighted by molar-refractivity contribution is -0.117. The third-order valence-electron chi connectivity index (χ3n) is 5.16. The van der Waals surface area contributed by atoms with E-state index in [0.717, 1.165) is 47.3 Å². The number of thioether (sulfide) groups is 1. The molecule has 2 heterocycles. The molecule has 0 N–H and O–H groups in total. The molecule has 0 radical (unpaired) electrons. The number of benzene rings is 2. The van der Waals surface area contributed by atoms with Gasteiger partial charge in [0.05, 0.1) is 10.9 Å². The Hall–Kier alpha value is -2.60. The highest BCUT2D eigenvalue weighted by Crippen LogP contribution is 2.32. The van der Waals surface area contributed by atoms with Crippen LogP contribution in [0.2, 0.25) is 0 Å². The number of hydrogen-bond donors (Lipinski definition) is 0. The average Bonchev–Trinajstić information content (AvgIpc) is 3.07. The maximum atomic E-state index is 13.2. The van der Waals surface area contributed by atoms with E-state index in [-0.39, 0.29) is 11.2 Å². The van der Waals surface area contributed by atoms with E-state index in [1.807, 2.05) is 53.6 Å². The molecule has 1 unspecified atom stereocenters. The topological polar surface area (TPSA) is 51.0 Å². The summed E-state index contributed by atoms with van der Waals surface area (Å²) in [5.74, 6) is 0.939. The molecule has 1 aromatic heterocycles. The molecule has 0 spiro atoms. The maximum Gasteiger partial charge on any atom is 0.240 e. The molecule has 1 amide bonds. The zero-order valence-corrected chi connectivity index (χ0v) is 17.2. The predicted molar refractivity (Wildman–Crippen MR) is 113 cm³/mol. The fourth-order valence-electron chi connectivity index (χ4n) is 3.70. The molecule has 5 nitrogen and oxygen atoms in total. The zero-order valence-electron chi connectivity index (χ0n) is 16.4. The first-order chi connectivity index (χ1) is 13.6. The largest absolute Gasteiger partial charge is 0.311 e. The molecular formula is C22H24N4OS. The van der Waals surface area contributed by atoms with Crippen LogP contribution in [0.15, 0.2) is 53.7 Å². The Bertz CT molecular complexity index is 1010. The van der Waals surface area contributed by atoms with Crippen LogP contribution in [-0.2, 0) is 11.2 Å². The van der Waals surface area contributed by atoms with Gasteiger partial charge < -0.3 is 4.90 Å². The molecule has 0 saturated heterocycles. The number of para-hydroxylation sites is 2. The number of hydrogen-bond acceptors (Lipinski definition) is 4. The van der Waals surface area contributed by atoms with Crippen LogP contribution in [0.25, 0.3) is 5.69 Å². The van der Waals surface area contributed by atoms with Crippen molar-refractivity contribution in [3.63, 3.8) is 0 Å². The fraction of sp³-hybridized carbons (Fsp3) is 0.318. The number of amides is 1. The number of aryl methyl sites for hydroxylation is 3. The van der Waals surface area contributed by atoms with E-state index >= 15 is 0 Å². The summed E-state index contributed by atoms with van der Waals surface area (Å²) in [6, 6.07) is 16.4. The Morgan fingerprint density at radius 3 is 2.54 bits per heavy atom. The molecule has 1 atom stereocenters. The number of fused-ring (bicyclic) bond motifs is 1. The molecule has 0 bridgehead atoms. The van der Waals surface area contributed by atoms with Crippen molar-refractivity contribution in [1.82, 2.24) is 14.8 Å². The van der Waals surface area contributed by atoms with Gasteiger partial charge in [-0.2, -0.15) is 0 Å². The quantitative estimate of drug-likeness (QED) is 0.620. The molecule has 4 rings (SSSR count). The summed E-state index contributed by atoms with van der Waals surface area (Å²) < 4.78 is 2.04. The van der Waals surface area contributed by atoms with Crippen LogP contribution >= 0.6 is 11.8 Å². The van der Waals surface area contributed by atoms with Crippen LogP contribution in [0.3, 0.4) is 0 Å². The minimum Gasteiger partial charge on any atom is -0.311 e. The average molecular weight is 393 g/mol. The second-order valence-electron chi connectivity index (χ2n) is 7.13. The second-order valence-corrected chi connectivity index (χ2v) is 8.44. The van der Waals surface area contributed by atoms with Crippen LogP contribution in [-0.4, -0.2) is 32.5 Å². The molecule has 28 heavy (non-hydrogen) atoms. The predicted octanol–water partition coefficient (Wildman–Crippen LogP) is 4.34. The number of carbonyl (C=O) groups excluding carboxylic acids is 1. The summed E-state index contributed by atoms with van der Waals surface area (Å²) >= 11 is 1.47. The standard InChI is InChI=1S/C22H24N4OS/c1-15-9-4-6-12-19(15)26-17(3)23-24-22(26)28-16(2)21(27)25-14-8-11-18-10-5-7-13-20(18)25/h4-7,9-10,12-13,16H,8,11,14H2,1-3H3. The Labute approximate surface area is 169 Å². The first kappa shape index (κ1) is 18.7. The van der Waals surface area contributed by atoms with E-state index < -0.39 is 0 Å². The molecule has 2 aromatic carbocycles. The molecule has 0 fully saturated rings. The third kappa shape index (κ3) is 3.44. The van der Waals surface area contributed by atoms with Gasteiger partial charge in [-0.15, -0.1) is 10.2 Å². The molecule has 1 aliphatic rings. The number of aromatic nitrogens is 3. The first-order valence-electron chi connectivity index (χ1n) is 9.60. The van der Waals surface area contributed by atoms with E-state index in [9.17, 15) is 4.79 Å². The third-order valence-corrected chi connectivity index (χ3v) is 6.19. The number of nitrogens with zero attached hydrogens (tertiary/aromatic N) is 4. The highest BCUT2D eigenvalue weighted by Gasteiger charge is 2.28. The van der Waals surface area contributed by atoms with Gasteiger partial charge in [-0.05, 0) is 56.9 Å². The smallest absolute Gasteiger partial charge is 0.240 e. The van der Waals surface area contributed by atoms with Gasteiger partial charge in [0, 0.05) is 12.2 Å². The van der Waals surface area contributed by atoms with E-state index in [0.29, 0.717) is 0 Å². The van der Waals surface area contributed by atoms with E-state index in [1.54, 1.807) is 0 Å². The Morgan fingerprint density at radius 1 is 1.04 bits per heavy atom. The van der Waals surface area contributed by atoms with Crippen molar-refractivity contribution in [2.24, 2.45) is 0 Å². The molecular weight excluding hydrogens is 368 g/mol. The van der Waals surface area contributed by atoms with E-state index in [1.165, 1.54) is 17.3 Å². The molecule has 144 valence electrons. The minimum absolute atomic E-state index is 0.120. The first-order valence-corrected chi connectivity index (χ1v) is 10.5. The van der Waals surface area contributed by atoms with Gasteiger partial charge in [0.1, 0.15) is 5.82 Å². The Morgan fingerprint density at radius 2 is 1.75 bits per heavy atom. The SMILES string of the molecule is Cc1ccccc1-n1c(C)nnc1SC(C)C(=O)N1CCCc2ccccc21. The van der Waals surface area contributed by atoms with Gasteiger partial charge in [-0.1, -0.05) is 48.2 Å². The molecule has 1 aliphatic heterocycles. The fourth-order valence-corrected chi connectivity index (χ4v) is 4.67. The Kier molecular flexibility index (Phi) is 5.22. The summed E-state index contributed by atoms with van der Waals surface area (Å²) in [6.45, 7) is 6.74. The summed E-state index contributed by atoms with van der Waals surface area (Å²) in [7, 11) is 0. The molecule has 0 aliphatic carbocycles. The van der Waals surface area contributed by atoms with Crippen LogP contribution in [0.5, 0.6) is 0 Å². The number of carbonyl (C=O) groups is 1. The Balaban J connectivity index is 1.60. The van der Waals surface area contributed by atoms with Gasteiger partial charge in [0.25, 0.3) is 0 Å². The number of anilines is 1.